The zero-order chi connectivity index (χ0) is 11.8. The molecule has 2 aromatic carbocycles. The molecule has 3 heteroatoms. The van der Waals surface area contributed by atoms with Crippen LogP contribution in [0.4, 0.5) is 0 Å². The van der Waals surface area contributed by atoms with Crippen LogP contribution in [0.15, 0.2) is 56.1 Å². The largest absolute Gasteiger partial charge is 0.121 e. The summed E-state index contributed by atoms with van der Waals surface area (Å²) >= 11 is 8.83. The minimum atomic E-state index is 1.15. The maximum Gasteiger partial charge on any atom is 0.0788 e. The smallest absolute Gasteiger partial charge is 0.0788 e. The molecule has 1 heterocycles. The Labute approximate surface area is 121 Å². The second-order valence-electron chi connectivity index (χ2n) is 3.80. The molecule has 0 aliphatic rings. The van der Waals surface area contributed by atoms with E-state index >= 15 is 0 Å². The maximum absolute atomic E-state index is 3.61. The quantitative estimate of drug-likeness (QED) is 0.487. The van der Waals surface area contributed by atoms with Gasteiger partial charge in [0.1, 0.15) is 0 Å². The standard InChI is InChI=1S/C14H8Br2S/c15-13-8-12(14(16)17-13)11-6-5-9-3-1-2-4-10(9)7-11/h1-8H. The lowest BCUT2D eigenvalue weighted by Crippen LogP contribution is -1.76. The third-order valence-corrected chi connectivity index (χ3v) is 5.06. The average Bonchev–Trinajstić information content (AvgIpc) is 2.68. The van der Waals surface area contributed by atoms with E-state index in [1.54, 1.807) is 11.3 Å². The van der Waals surface area contributed by atoms with Gasteiger partial charge in [-0.15, -0.1) is 11.3 Å². The van der Waals surface area contributed by atoms with Gasteiger partial charge in [-0.1, -0.05) is 36.4 Å². The van der Waals surface area contributed by atoms with Gasteiger partial charge in [-0.2, -0.15) is 0 Å². The molecular weight excluding hydrogens is 360 g/mol. The summed E-state index contributed by atoms with van der Waals surface area (Å²) in [6.07, 6.45) is 0. The van der Waals surface area contributed by atoms with E-state index in [1.807, 2.05) is 0 Å². The van der Waals surface area contributed by atoms with E-state index < -0.39 is 0 Å². The molecule has 0 N–H and O–H groups in total. The highest BCUT2D eigenvalue weighted by Crippen LogP contribution is 2.39. The minimum absolute atomic E-state index is 1.15. The van der Waals surface area contributed by atoms with Crippen LogP contribution in [0.3, 0.4) is 0 Å². The number of thiophene rings is 1. The summed E-state index contributed by atoms with van der Waals surface area (Å²) < 4.78 is 2.31. The van der Waals surface area contributed by atoms with Crippen LogP contribution in [0.2, 0.25) is 0 Å². The van der Waals surface area contributed by atoms with Crippen LogP contribution in [0.5, 0.6) is 0 Å². The van der Waals surface area contributed by atoms with Crippen LogP contribution in [-0.2, 0) is 0 Å². The van der Waals surface area contributed by atoms with Crippen molar-refractivity contribution in [3.05, 3.63) is 56.1 Å². The fraction of sp³-hybridized carbons (Fsp3) is 0. The highest BCUT2D eigenvalue weighted by atomic mass is 79.9. The fourth-order valence-corrected chi connectivity index (χ4v) is 4.76. The molecule has 3 rings (SSSR count). The second-order valence-corrected chi connectivity index (χ2v) is 7.55. The Morgan fingerprint density at radius 3 is 2.29 bits per heavy atom. The second kappa shape index (κ2) is 4.56. The molecule has 1 aromatic heterocycles. The van der Waals surface area contributed by atoms with Gasteiger partial charge in [-0.25, -0.2) is 0 Å². The fourth-order valence-electron chi connectivity index (χ4n) is 1.89. The summed E-state index contributed by atoms with van der Waals surface area (Å²) in [5, 5.41) is 2.56. The van der Waals surface area contributed by atoms with Crippen molar-refractivity contribution in [3.8, 4) is 11.1 Å². The lowest BCUT2D eigenvalue weighted by atomic mass is 10.0. The molecule has 0 atom stereocenters. The Morgan fingerprint density at radius 2 is 1.59 bits per heavy atom. The molecule has 0 aliphatic heterocycles. The van der Waals surface area contributed by atoms with Gasteiger partial charge < -0.3 is 0 Å². The van der Waals surface area contributed by atoms with Crippen LogP contribution in [0.25, 0.3) is 21.9 Å². The minimum Gasteiger partial charge on any atom is -0.121 e. The molecule has 0 spiro atoms. The van der Waals surface area contributed by atoms with Gasteiger partial charge in [-0.05, 0) is 60.3 Å². The molecule has 0 nitrogen and oxygen atoms in total. The molecule has 0 bridgehead atoms. The summed E-state index contributed by atoms with van der Waals surface area (Å²) in [7, 11) is 0. The van der Waals surface area contributed by atoms with Gasteiger partial charge in [0.05, 0.1) is 7.57 Å². The molecule has 0 saturated heterocycles. The SMILES string of the molecule is Brc1cc(-c2ccc3ccccc3c2)c(Br)s1. The Bertz CT molecular complexity index is 686. The van der Waals surface area contributed by atoms with Crippen LogP contribution in [0.1, 0.15) is 0 Å². The predicted molar refractivity (Wildman–Crippen MR) is 82.7 cm³/mol. The number of rotatable bonds is 1. The van der Waals surface area contributed by atoms with Gasteiger partial charge in [0.15, 0.2) is 0 Å². The number of hydrogen-bond acceptors (Lipinski definition) is 1. The van der Waals surface area contributed by atoms with E-state index in [0.717, 1.165) is 3.79 Å². The van der Waals surface area contributed by atoms with E-state index in [4.69, 9.17) is 0 Å². The Kier molecular flexibility index (Phi) is 3.07. The molecule has 0 radical (unpaired) electrons. The molecule has 0 saturated carbocycles. The summed E-state index contributed by atoms with van der Waals surface area (Å²) in [5.41, 5.74) is 2.49. The van der Waals surface area contributed by atoms with Crippen molar-refractivity contribution in [2.45, 2.75) is 0 Å². The van der Waals surface area contributed by atoms with Crippen molar-refractivity contribution in [3.63, 3.8) is 0 Å². The van der Waals surface area contributed by atoms with E-state index in [1.165, 1.54) is 25.7 Å². The van der Waals surface area contributed by atoms with E-state index in [0.29, 0.717) is 0 Å². The molecule has 0 unspecified atom stereocenters. The van der Waals surface area contributed by atoms with Crippen LogP contribution >= 0.6 is 43.2 Å². The van der Waals surface area contributed by atoms with Crippen molar-refractivity contribution >= 4 is 54.0 Å². The number of halogens is 2. The molecule has 0 aliphatic carbocycles. The molecular formula is C14H8Br2S. The highest BCUT2D eigenvalue weighted by molar-refractivity contribution is 9.12. The van der Waals surface area contributed by atoms with Gasteiger partial charge in [0, 0.05) is 5.56 Å². The first-order valence-corrected chi connectivity index (χ1v) is 7.58. The molecule has 3 aromatic rings. The Balaban J connectivity index is 2.21. The van der Waals surface area contributed by atoms with Crippen LogP contribution in [-0.4, -0.2) is 0 Å². The van der Waals surface area contributed by atoms with Crippen molar-refractivity contribution in [2.75, 3.05) is 0 Å². The Hall–Kier alpha value is -0.640. The van der Waals surface area contributed by atoms with Gasteiger partial charge in [0.2, 0.25) is 0 Å². The first-order valence-electron chi connectivity index (χ1n) is 5.18. The first kappa shape index (κ1) is 11.5. The van der Waals surface area contributed by atoms with Gasteiger partial charge in [0.25, 0.3) is 0 Å². The highest BCUT2D eigenvalue weighted by Gasteiger charge is 2.07. The summed E-state index contributed by atoms with van der Waals surface area (Å²) in [5.74, 6) is 0. The Morgan fingerprint density at radius 1 is 0.824 bits per heavy atom. The molecule has 84 valence electrons. The predicted octanol–water partition coefficient (Wildman–Crippen LogP) is 6.09. The van der Waals surface area contributed by atoms with Crippen molar-refractivity contribution in [2.24, 2.45) is 0 Å². The number of hydrogen-bond donors (Lipinski definition) is 0. The van der Waals surface area contributed by atoms with E-state index in [2.05, 4.69) is 80.4 Å². The average molecular weight is 368 g/mol. The van der Waals surface area contributed by atoms with Crippen molar-refractivity contribution in [1.29, 1.82) is 0 Å². The van der Waals surface area contributed by atoms with Crippen molar-refractivity contribution in [1.82, 2.24) is 0 Å². The van der Waals surface area contributed by atoms with E-state index in [9.17, 15) is 0 Å². The third-order valence-electron chi connectivity index (χ3n) is 2.72. The third kappa shape index (κ3) is 2.19. The maximum atomic E-state index is 3.61. The van der Waals surface area contributed by atoms with Gasteiger partial charge in [-0.3, -0.25) is 0 Å². The lowest BCUT2D eigenvalue weighted by Gasteiger charge is -2.02. The normalized spacial score (nSPS) is 10.9. The van der Waals surface area contributed by atoms with E-state index in [-0.39, 0.29) is 0 Å². The lowest BCUT2D eigenvalue weighted by molar-refractivity contribution is 1.70. The van der Waals surface area contributed by atoms with Crippen molar-refractivity contribution < 1.29 is 0 Å². The summed E-state index contributed by atoms with van der Waals surface area (Å²) in [6, 6.07) is 17.1. The molecule has 0 fully saturated rings. The van der Waals surface area contributed by atoms with Gasteiger partial charge >= 0.3 is 0 Å². The van der Waals surface area contributed by atoms with Crippen LogP contribution < -0.4 is 0 Å². The summed E-state index contributed by atoms with van der Waals surface area (Å²) in [4.78, 5) is 0. The first-order chi connectivity index (χ1) is 8.24. The molecule has 0 amide bonds. The summed E-state index contributed by atoms with van der Waals surface area (Å²) in [6.45, 7) is 0. The zero-order valence-electron chi connectivity index (χ0n) is 8.78. The molecule has 17 heavy (non-hydrogen) atoms. The van der Waals surface area contributed by atoms with Crippen LogP contribution in [0, 0.1) is 0 Å². The number of fused-ring (bicyclic) bond motifs is 1. The zero-order valence-corrected chi connectivity index (χ0v) is 12.8. The topological polar surface area (TPSA) is 0 Å². The monoisotopic (exact) mass is 366 g/mol. The number of benzene rings is 2.